The van der Waals surface area contributed by atoms with E-state index < -0.39 is 0 Å². The number of hydrogen-bond acceptors (Lipinski definition) is 2. The van der Waals surface area contributed by atoms with Crippen LogP contribution in [0.25, 0.3) is 0 Å². The Kier molecular flexibility index (Phi) is 3.06. The molecule has 0 aliphatic heterocycles. The lowest BCUT2D eigenvalue weighted by Crippen LogP contribution is -1.96. The van der Waals surface area contributed by atoms with Gasteiger partial charge in [-0.15, -0.1) is 0 Å². The van der Waals surface area contributed by atoms with Gasteiger partial charge >= 0.3 is 0 Å². The molecule has 0 fully saturated rings. The van der Waals surface area contributed by atoms with Crippen LogP contribution >= 0.6 is 11.6 Å². The van der Waals surface area contributed by atoms with Crippen molar-refractivity contribution in [2.45, 2.75) is 32.1 Å². The molecular weight excluding hydrogens is 212 g/mol. The summed E-state index contributed by atoms with van der Waals surface area (Å²) in [5, 5.41) is 10.3. The molecule has 0 heterocycles. The summed E-state index contributed by atoms with van der Waals surface area (Å²) in [5.41, 5.74) is 2.33. The number of methoxy groups -OCH3 is 1. The van der Waals surface area contributed by atoms with E-state index in [9.17, 15) is 5.11 Å². The van der Waals surface area contributed by atoms with Crippen LogP contribution in [0.15, 0.2) is 6.07 Å². The van der Waals surface area contributed by atoms with Crippen molar-refractivity contribution in [3.63, 3.8) is 0 Å². The molecule has 0 amide bonds. The molecule has 0 bridgehead atoms. The van der Waals surface area contributed by atoms with E-state index in [0.29, 0.717) is 10.8 Å². The van der Waals surface area contributed by atoms with Crippen molar-refractivity contribution in [2.24, 2.45) is 0 Å². The topological polar surface area (TPSA) is 29.5 Å². The molecule has 15 heavy (non-hydrogen) atoms. The maximum atomic E-state index is 9.73. The first kappa shape index (κ1) is 10.6. The van der Waals surface area contributed by atoms with Gasteiger partial charge in [-0.2, -0.15) is 0 Å². The second-order valence-corrected chi connectivity index (χ2v) is 4.32. The van der Waals surface area contributed by atoms with E-state index in [0.717, 1.165) is 18.4 Å². The first-order valence-electron chi connectivity index (χ1n) is 5.31. The van der Waals surface area contributed by atoms with Crippen molar-refractivity contribution >= 4 is 11.6 Å². The van der Waals surface area contributed by atoms with Gasteiger partial charge in [0.15, 0.2) is 11.5 Å². The van der Waals surface area contributed by atoms with Crippen LogP contribution in [0.3, 0.4) is 0 Å². The number of rotatable bonds is 1. The van der Waals surface area contributed by atoms with E-state index >= 15 is 0 Å². The largest absolute Gasteiger partial charge is 0.504 e. The molecule has 2 nitrogen and oxygen atoms in total. The van der Waals surface area contributed by atoms with Crippen LogP contribution in [0, 0.1) is 0 Å². The number of hydrogen-bond donors (Lipinski definition) is 1. The minimum Gasteiger partial charge on any atom is -0.504 e. The van der Waals surface area contributed by atoms with Gasteiger partial charge in [-0.1, -0.05) is 18.0 Å². The number of aromatic hydroxyl groups is 1. The molecular formula is C12H15ClO2. The Morgan fingerprint density at radius 2 is 2.00 bits per heavy atom. The van der Waals surface area contributed by atoms with E-state index in [1.165, 1.54) is 31.9 Å². The Morgan fingerprint density at radius 3 is 2.73 bits per heavy atom. The van der Waals surface area contributed by atoms with E-state index in [1.54, 1.807) is 6.07 Å². The summed E-state index contributed by atoms with van der Waals surface area (Å²) in [6.07, 6.45) is 5.57. The summed E-state index contributed by atoms with van der Waals surface area (Å²) >= 11 is 6.22. The van der Waals surface area contributed by atoms with Gasteiger partial charge < -0.3 is 9.84 Å². The molecule has 1 aliphatic carbocycles. The van der Waals surface area contributed by atoms with Crippen LogP contribution in [0.1, 0.15) is 30.4 Å². The molecule has 82 valence electrons. The number of aryl methyl sites for hydroxylation is 1. The van der Waals surface area contributed by atoms with Gasteiger partial charge in [0.05, 0.1) is 12.1 Å². The van der Waals surface area contributed by atoms with E-state index in [4.69, 9.17) is 16.3 Å². The highest BCUT2D eigenvalue weighted by Gasteiger charge is 2.18. The minimum absolute atomic E-state index is 0.156. The van der Waals surface area contributed by atoms with Crippen LogP contribution in [0.4, 0.5) is 0 Å². The molecule has 2 rings (SSSR count). The number of fused-ring (bicyclic) bond motifs is 1. The van der Waals surface area contributed by atoms with E-state index in [-0.39, 0.29) is 5.75 Å². The maximum Gasteiger partial charge on any atom is 0.179 e. The summed E-state index contributed by atoms with van der Waals surface area (Å²) in [5.74, 6) is 0.570. The van der Waals surface area contributed by atoms with Crippen molar-refractivity contribution in [2.75, 3.05) is 7.11 Å². The lowest BCUT2D eigenvalue weighted by Gasteiger charge is -2.13. The predicted molar refractivity (Wildman–Crippen MR) is 60.9 cm³/mol. The van der Waals surface area contributed by atoms with Crippen LogP contribution in [0.5, 0.6) is 11.5 Å². The summed E-state index contributed by atoms with van der Waals surface area (Å²) in [7, 11) is 1.53. The zero-order valence-corrected chi connectivity index (χ0v) is 9.60. The normalized spacial score (nSPS) is 15.6. The van der Waals surface area contributed by atoms with Gasteiger partial charge in [-0.3, -0.25) is 0 Å². The van der Waals surface area contributed by atoms with E-state index in [2.05, 4.69) is 0 Å². The molecule has 0 saturated carbocycles. The molecule has 1 aromatic carbocycles. The maximum absolute atomic E-state index is 9.73. The fourth-order valence-corrected chi connectivity index (χ4v) is 2.58. The number of phenols is 1. The minimum atomic E-state index is 0.156. The number of ether oxygens (including phenoxy) is 1. The fraction of sp³-hybridized carbons (Fsp3) is 0.500. The summed E-state index contributed by atoms with van der Waals surface area (Å²) < 4.78 is 5.10. The van der Waals surface area contributed by atoms with Crippen molar-refractivity contribution in [1.29, 1.82) is 0 Å². The number of phenolic OH excluding ortho intramolecular Hbond substituents is 1. The quantitative estimate of drug-likeness (QED) is 0.745. The Morgan fingerprint density at radius 1 is 1.27 bits per heavy atom. The average molecular weight is 227 g/mol. The zero-order valence-electron chi connectivity index (χ0n) is 8.85. The van der Waals surface area contributed by atoms with Crippen LogP contribution < -0.4 is 4.74 Å². The lowest BCUT2D eigenvalue weighted by atomic mass is 10.0. The molecule has 0 unspecified atom stereocenters. The highest BCUT2D eigenvalue weighted by atomic mass is 35.5. The molecule has 3 heteroatoms. The first-order chi connectivity index (χ1) is 7.24. The molecule has 1 N–H and O–H groups in total. The Balaban J connectivity index is 2.53. The van der Waals surface area contributed by atoms with Crippen molar-refractivity contribution < 1.29 is 9.84 Å². The van der Waals surface area contributed by atoms with Crippen LogP contribution in [-0.2, 0) is 12.8 Å². The fourth-order valence-electron chi connectivity index (χ4n) is 2.19. The monoisotopic (exact) mass is 226 g/mol. The third-order valence-electron chi connectivity index (χ3n) is 2.97. The first-order valence-corrected chi connectivity index (χ1v) is 5.69. The Hall–Kier alpha value is -0.890. The Bertz CT molecular complexity index is 374. The number of benzene rings is 1. The van der Waals surface area contributed by atoms with Crippen molar-refractivity contribution in [3.8, 4) is 11.5 Å². The molecule has 0 radical (unpaired) electrons. The van der Waals surface area contributed by atoms with Crippen LogP contribution in [0.2, 0.25) is 5.02 Å². The van der Waals surface area contributed by atoms with Gasteiger partial charge in [-0.25, -0.2) is 0 Å². The summed E-state index contributed by atoms with van der Waals surface area (Å²) in [6, 6.07) is 1.80. The molecule has 0 saturated heterocycles. The molecule has 1 aliphatic rings. The third kappa shape index (κ3) is 1.91. The summed E-state index contributed by atoms with van der Waals surface area (Å²) in [6.45, 7) is 0. The standard InChI is InChI=1S/C12H15ClO2/c1-15-12-10(14)7-8-5-3-2-4-6-9(8)11(12)13/h7,14H,2-6H2,1H3. The van der Waals surface area contributed by atoms with Gasteiger partial charge in [0.2, 0.25) is 0 Å². The second-order valence-electron chi connectivity index (χ2n) is 3.94. The predicted octanol–water partition coefficient (Wildman–Crippen LogP) is 3.32. The van der Waals surface area contributed by atoms with E-state index in [1.807, 2.05) is 0 Å². The molecule has 0 aromatic heterocycles. The van der Waals surface area contributed by atoms with Gasteiger partial charge in [0.1, 0.15) is 0 Å². The third-order valence-corrected chi connectivity index (χ3v) is 3.37. The molecule has 0 spiro atoms. The highest BCUT2D eigenvalue weighted by Crippen LogP contribution is 2.40. The van der Waals surface area contributed by atoms with Crippen molar-refractivity contribution in [3.05, 3.63) is 22.2 Å². The average Bonchev–Trinajstić information content (AvgIpc) is 2.43. The van der Waals surface area contributed by atoms with Crippen molar-refractivity contribution in [1.82, 2.24) is 0 Å². The zero-order chi connectivity index (χ0) is 10.8. The lowest BCUT2D eigenvalue weighted by molar-refractivity contribution is 0.373. The highest BCUT2D eigenvalue weighted by molar-refractivity contribution is 6.33. The molecule has 1 aromatic rings. The van der Waals surface area contributed by atoms with Gasteiger partial charge in [0.25, 0.3) is 0 Å². The van der Waals surface area contributed by atoms with Crippen LogP contribution in [-0.4, -0.2) is 12.2 Å². The summed E-state index contributed by atoms with van der Waals surface area (Å²) in [4.78, 5) is 0. The molecule has 0 atom stereocenters. The Labute approximate surface area is 94.8 Å². The second kappa shape index (κ2) is 4.31. The van der Waals surface area contributed by atoms with Gasteiger partial charge in [0, 0.05) is 0 Å². The number of halogens is 1. The van der Waals surface area contributed by atoms with Gasteiger partial charge in [-0.05, 0) is 42.9 Å². The SMILES string of the molecule is COc1c(O)cc2c(c1Cl)CCCCC2. The smallest absolute Gasteiger partial charge is 0.179 e.